The van der Waals surface area contributed by atoms with Crippen LogP contribution in [0, 0.1) is 5.82 Å². The SMILES string of the molecule is C[C@H](O)CNC(=S)Nc1ccc(F)c(Cl)c1. The Morgan fingerprint density at radius 2 is 2.31 bits per heavy atom. The minimum Gasteiger partial charge on any atom is -0.392 e. The zero-order valence-electron chi connectivity index (χ0n) is 8.63. The zero-order valence-corrected chi connectivity index (χ0v) is 10.2. The van der Waals surface area contributed by atoms with Gasteiger partial charge in [0.2, 0.25) is 0 Å². The van der Waals surface area contributed by atoms with Crippen molar-refractivity contribution in [1.29, 1.82) is 0 Å². The molecule has 0 bridgehead atoms. The predicted octanol–water partition coefficient (Wildman–Crippen LogP) is 2.15. The van der Waals surface area contributed by atoms with Crippen molar-refractivity contribution in [2.24, 2.45) is 0 Å². The highest BCUT2D eigenvalue weighted by atomic mass is 35.5. The summed E-state index contributed by atoms with van der Waals surface area (Å²) >= 11 is 10.6. The molecular formula is C10H12ClFN2OS. The molecule has 0 saturated heterocycles. The highest BCUT2D eigenvalue weighted by molar-refractivity contribution is 7.80. The van der Waals surface area contributed by atoms with E-state index in [0.717, 1.165) is 0 Å². The smallest absolute Gasteiger partial charge is 0.170 e. The topological polar surface area (TPSA) is 44.3 Å². The van der Waals surface area contributed by atoms with Crippen molar-refractivity contribution < 1.29 is 9.50 Å². The quantitative estimate of drug-likeness (QED) is 0.731. The molecule has 16 heavy (non-hydrogen) atoms. The fourth-order valence-electron chi connectivity index (χ4n) is 0.990. The van der Waals surface area contributed by atoms with Crippen LogP contribution in [0.15, 0.2) is 18.2 Å². The molecule has 0 aliphatic rings. The van der Waals surface area contributed by atoms with Crippen LogP contribution in [0.25, 0.3) is 0 Å². The summed E-state index contributed by atoms with van der Waals surface area (Å²) in [5.41, 5.74) is 0.592. The number of thiocarbonyl (C=S) groups is 1. The monoisotopic (exact) mass is 262 g/mol. The van der Waals surface area contributed by atoms with Gasteiger partial charge in [-0.2, -0.15) is 0 Å². The highest BCUT2D eigenvalue weighted by Gasteiger charge is 2.03. The van der Waals surface area contributed by atoms with Crippen molar-refractivity contribution >= 4 is 34.6 Å². The van der Waals surface area contributed by atoms with Gasteiger partial charge in [0.1, 0.15) is 5.82 Å². The summed E-state index contributed by atoms with van der Waals surface area (Å²) in [6.07, 6.45) is -0.489. The minimum absolute atomic E-state index is 0.0309. The van der Waals surface area contributed by atoms with Gasteiger partial charge in [-0.3, -0.25) is 0 Å². The van der Waals surface area contributed by atoms with Gasteiger partial charge in [-0.25, -0.2) is 4.39 Å². The molecule has 0 aromatic heterocycles. The number of rotatable bonds is 3. The molecule has 3 nitrogen and oxygen atoms in total. The fourth-order valence-corrected chi connectivity index (χ4v) is 1.37. The third-order valence-corrected chi connectivity index (χ3v) is 2.27. The lowest BCUT2D eigenvalue weighted by Gasteiger charge is -2.11. The summed E-state index contributed by atoms with van der Waals surface area (Å²) in [7, 11) is 0. The van der Waals surface area contributed by atoms with E-state index in [4.69, 9.17) is 28.9 Å². The Morgan fingerprint density at radius 3 is 2.88 bits per heavy atom. The second kappa shape index (κ2) is 5.98. The molecule has 0 fully saturated rings. The van der Waals surface area contributed by atoms with E-state index in [9.17, 15) is 4.39 Å². The Morgan fingerprint density at radius 1 is 1.62 bits per heavy atom. The van der Waals surface area contributed by atoms with Crippen LogP contribution in [-0.2, 0) is 0 Å². The lowest BCUT2D eigenvalue weighted by Crippen LogP contribution is -2.33. The molecule has 3 N–H and O–H groups in total. The number of benzene rings is 1. The van der Waals surface area contributed by atoms with Crippen LogP contribution in [0.4, 0.5) is 10.1 Å². The fraction of sp³-hybridized carbons (Fsp3) is 0.300. The molecule has 1 aromatic carbocycles. The Balaban J connectivity index is 2.53. The van der Waals surface area contributed by atoms with Gasteiger partial charge >= 0.3 is 0 Å². The van der Waals surface area contributed by atoms with E-state index in [1.807, 2.05) is 0 Å². The summed E-state index contributed by atoms with van der Waals surface area (Å²) in [5, 5.41) is 15.0. The van der Waals surface area contributed by atoms with E-state index in [2.05, 4.69) is 10.6 Å². The first kappa shape index (κ1) is 13.2. The maximum absolute atomic E-state index is 12.8. The van der Waals surface area contributed by atoms with E-state index < -0.39 is 11.9 Å². The van der Waals surface area contributed by atoms with E-state index in [1.54, 1.807) is 6.92 Å². The molecule has 0 aliphatic carbocycles. The van der Waals surface area contributed by atoms with Crippen molar-refractivity contribution in [3.63, 3.8) is 0 Å². The third kappa shape index (κ3) is 4.30. The van der Waals surface area contributed by atoms with E-state index in [1.165, 1.54) is 18.2 Å². The Bertz CT molecular complexity index is 387. The molecule has 1 aromatic rings. The number of halogens is 2. The summed E-state index contributed by atoms with van der Waals surface area (Å²) < 4.78 is 12.8. The third-order valence-electron chi connectivity index (χ3n) is 1.74. The zero-order chi connectivity index (χ0) is 12.1. The molecule has 1 rings (SSSR count). The Labute approximate surface area is 104 Å². The summed E-state index contributed by atoms with van der Waals surface area (Å²) in [5.74, 6) is -0.477. The number of aliphatic hydroxyl groups is 1. The normalized spacial score (nSPS) is 12.0. The van der Waals surface area contributed by atoms with Crippen LogP contribution in [0.2, 0.25) is 5.02 Å². The first-order valence-corrected chi connectivity index (χ1v) is 5.45. The van der Waals surface area contributed by atoms with Gasteiger partial charge in [-0.1, -0.05) is 11.6 Å². The second-order valence-corrected chi connectivity index (χ2v) is 4.13. The molecule has 0 unspecified atom stereocenters. The summed E-state index contributed by atoms with van der Waals surface area (Å²) in [4.78, 5) is 0. The van der Waals surface area contributed by atoms with Crippen LogP contribution >= 0.6 is 23.8 Å². The number of nitrogens with one attached hydrogen (secondary N) is 2. The van der Waals surface area contributed by atoms with Crippen molar-refractivity contribution in [3.05, 3.63) is 29.0 Å². The number of hydrogen-bond donors (Lipinski definition) is 3. The molecule has 0 heterocycles. The lowest BCUT2D eigenvalue weighted by atomic mass is 10.3. The summed E-state index contributed by atoms with van der Waals surface area (Å²) in [6, 6.07) is 4.22. The number of aliphatic hydroxyl groups excluding tert-OH is 1. The first-order chi connectivity index (χ1) is 7.49. The largest absolute Gasteiger partial charge is 0.392 e. The van der Waals surface area contributed by atoms with Crippen molar-refractivity contribution in [3.8, 4) is 0 Å². The molecule has 6 heteroatoms. The maximum Gasteiger partial charge on any atom is 0.170 e. The number of hydrogen-bond acceptors (Lipinski definition) is 2. The lowest BCUT2D eigenvalue weighted by molar-refractivity contribution is 0.198. The predicted molar refractivity (Wildman–Crippen MR) is 67.3 cm³/mol. The van der Waals surface area contributed by atoms with Crippen molar-refractivity contribution in [2.45, 2.75) is 13.0 Å². The average Bonchev–Trinajstić information content (AvgIpc) is 2.21. The van der Waals surface area contributed by atoms with Crippen LogP contribution in [0.1, 0.15) is 6.92 Å². The molecule has 1 atom stereocenters. The number of anilines is 1. The van der Waals surface area contributed by atoms with Gasteiger partial charge in [0, 0.05) is 12.2 Å². The highest BCUT2D eigenvalue weighted by Crippen LogP contribution is 2.19. The average molecular weight is 263 g/mol. The van der Waals surface area contributed by atoms with Crippen LogP contribution in [-0.4, -0.2) is 22.9 Å². The van der Waals surface area contributed by atoms with Crippen LogP contribution < -0.4 is 10.6 Å². The van der Waals surface area contributed by atoms with Gasteiger partial charge in [-0.15, -0.1) is 0 Å². The van der Waals surface area contributed by atoms with E-state index >= 15 is 0 Å². The molecule has 0 amide bonds. The van der Waals surface area contributed by atoms with Crippen molar-refractivity contribution in [2.75, 3.05) is 11.9 Å². The summed E-state index contributed by atoms with van der Waals surface area (Å²) in [6.45, 7) is 1.99. The van der Waals surface area contributed by atoms with Crippen molar-refractivity contribution in [1.82, 2.24) is 5.32 Å². The standard InChI is InChI=1S/C10H12ClFN2OS/c1-6(15)5-13-10(16)14-7-2-3-9(12)8(11)4-7/h2-4,6,15H,5H2,1H3,(H2,13,14,16)/t6-/m0/s1. The van der Waals surface area contributed by atoms with E-state index in [0.29, 0.717) is 17.3 Å². The molecule has 0 aliphatic heterocycles. The molecule has 88 valence electrons. The molecular weight excluding hydrogens is 251 g/mol. The molecule has 0 spiro atoms. The van der Waals surface area contributed by atoms with Gasteiger partial charge in [0.05, 0.1) is 11.1 Å². The van der Waals surface area contributed by atoms with Crippen LogP contribution in [0.5, 0.6) is 0 Å². The maximum atomic E-state index is 12.8. The first-order valence-electron chi connectivity index (χ1n) is 4.67. The van der Waals surface area contributed by atoms with Gasteiger partial charge in [0.15, 0.2) is 5.11 Å². The van der Waals surface area contributed by atoms with E-state index in [-0.39, 0.29) is 5.02 Å². The van der Waals surface area contributed by atoms with Gasteiger partial charge in [0.25, 0.3) is 0 Å². The van der Waals surface area contributed by atoms with Gasteiger partial charge < -0.3 is 15.7 Å². The Hall–Kier alpha value is -0.910. The Kier molecular flexibility index (Phi) is 4.92. The van der Waals surface area contributed by atoms with Crippen LogP contribution in [0.3, 0.4) is 0 Å². The molecule has 0 radical (unpaired) electrons. The molecule has 0 saturated carbocycles. The minimum atomic E-state index is -0.489. The second-order valence-electron chi connectivity index (χ2n) is 3.31. The van der Waals surface area contributed by atoms with Gasteiger partial charge in [-0.05, 0) is 37.3 Å².